The second-order valence-electron chi connectivity index (χ2n) is 4.85. The number of ether oxygens (including phenoxy) is 1. The van der Waals surface area contributed by atoms with E-state index in [2.05, 4.69) is 14.9 Å². The molecule has 0 unspecified atom stereocenters. The highest BCUT2D eigenvalue weighted by Crippen LogP contribution is 2.29. The van der Waals surface area contributed by atoms with E-state index in [-0.39, 0.29) is 5.56 Å². The maximum atomic E-state index is 13.3. The van der Waals surface area contributed by atoms with Gasteiger partial charge in [-0.3, -0.25) is 0 Å². The lowest BCUT2D eigenvalue weighted by Crippen LogP contribution is -2.05. The number of thioether (sulfide) groups is 1. The van der Waals surface area contributed by atoms with Crippen LogP contribution in [-0.4, -0.2) is 23.3 Å². The van der Waals surface area contributed by atoms with Crippen molar-refractivity contribution >= 4 is 17.7 Å². The van der Waals surface area contributed by atoms with Gasteiger partial charge in [-0.1, -0.05) is 17.8 Å². The van der Waals surface area contributed by atoms with Crippen molar-refractivity contribution < 1.29 is 22.8 Å². The number of nitrogens with zero attached hydrogens (tertiary/aromatic N) is 2. The molecule has 0 fully saturated rings. The fraction of sp³-hybridized carbons (Fsp3) is 0.188. The van der Waals surface area contributed by atoms with E-state index in [0.29, 0.717) is 28.2 Å². The minimum absolute atomic E-state index is 0.176. The summed E-state index contributed by atoms with van der Waals surface area (Å²) in [5, 5.41) is 8.26. The Morgan fingerprint density at radius 1 is 1.33 bits per heavy atom. The van der Waals surface area contributed by atoms with E-state index >= 15 is 0 Å². The fourth-order valence-corrected chi connectivity index (χ4v) is 2.86. The highest BCUT2D eigenvalue weighted by atomic mass is 32.2. The third kappa shape index (κ3) is 3.33. The van der Waals surface area contributed by atoms with Gasteiger partial charge in [0.15, 0.2) is 0 Å². The zero-order valence-corrected chi connectivity index (χ0v) is 13.7. The number of furan rings is 1. The second kappa shape index (κ2) is 6.88. The summed E-state index contributed by atoms with van der Waals surface area (Å²) in [4.78, 5) is 11.7. The van der Waals surface area contributed by atoms with Crippen LogP contribution in [0.15, 0.2) is 44.6 Å². The largest absolute Gasteiger partial charge is 0.469 e. The van der Waals surface area contributed by atoms with Gasteiger partial charge in [0.1, 0.15) is 11.6 Å². The highest BCUT2D eigenvalue weighted by molar-refractivity contribution is 7.98. The molecule has 8 heteroatoms. The van der Waals surface area contributed by atoms with E-state index in [1.807, 2.05) is 0 Å². The molecule has 0 aliphatic heterocycles. The number of benzene rings is 1. The van der Waals surface area contributed by atoms with Crippen molar-refractivity contribution in [3.8, 4) is 11.5 Å². The van der Waals surface area contributed by atoms with Crippen LogP contribution in [-0.2, 0) is 10.5 Å². The van der Waals surface area contributed by atoms with Gasteiger partial charge in [0.2, 0.25) is 0 Å². The zero-order valence-electron chi connectivity index (χ0n) is 12.9. The van der Waals surface area contributed by atoms with Gasteiger partial charge in [0.25, 0.3) is 11.1 Å². The van der Waals surface area contributed by atoms with Crippen molar-refractivity contribution in [2.45, 2.75) is 17.9 Å². The average Bonchev–Trinajstić information content (AvgIpc) is 3.21. The Labute approximate surface area is 141 Å². The molecule has 0 saturated heterocycles. The summed E-state index contributed by atoms with van der Waals surface area (Å²) < 4.78 is 28.8. The number of carbonyl (C=O) groups excluding carboxylic acids is 1. The van der Waals surface area contributed by atoms with E-state index in [9.17, 15) is 9.18 Å². The van der Waals surface area contributed by atoms with Gasteiger partial charge >= 0.3 is 5.97 Å². The van der Waals surface area contributed by atoms with Crippen molar-refractivity contribution in [2.75, 3.05) is 7.11 Å². The van der Waals surface area contributed by atoms with E-state index in [1.54, 1.807) is 19.3 Å². The fourth-order valence-electron chi connectivity index (χ4n) is 2.10. The maximum absolute atomic E-state index is 13.3. The van der Waals surface area contributed by atoms with Crippen molar-refractivity contribution in [1.82, 2.24) is 10.2 Å². The molecule has 3 rings (SSSR count). The molecule has 0 bridgehead atoms. The van der Waals surface area contributed by atoms with Crippen molar-refractivity contribution in [2.24, 2.45) is 0 Å². The van der Waals surface area contributed by atoms with Crippen LogP contribution in [0.25, 0.3) is 11.5 Å². The Bertz CT molecular complexity index is 875. The molecule has 2 heterocycles. The Morgan fingerprint density at radius 3 is 2.88 bits per heavy atom. The number of rotatable bonds is 5. The van der Waals surface area contributed by atoms with Gasteiger partial charge in [0.05, 0.1) is 24.5 Å². The normalized spacial score (nSPS) is 10.8. The monoisotopic (exact) mass is 348 g/mol. The van der Waals surface area contributed by atoms with Gasteiger partial charge in [-0.25, -0.2) is 9.18 Å². The van der Waals surface area contributed by atoms with Crippen LogP contribution >= 0.6 is 11.8 Å². The van der Waals surface area contributed by atoms with E-state index in [1.165, 1.54) is 31.0 Å². The number of aromatic nitrogens is 2. The van der Waals surface area contributed by atoms with Gasteiger partial charge in [-0.2, -0.15) is 0 Å². The molecular weight excluding hydrogens is 335 g/mol. The first-order valence-electron chi connectivity index (χ1n) is 6.96. The van der Waals surface area contributed by atoms with Gasteiger partial charge in [-0.05, 0) is 30.7 Å². The lowest BCUT2D eigenvalue weighted by atomic mass is 10.1. The Morgan fingerprint density at radius 2 is 2.17 bits per heavy atom. The molecule has 0 radical (unpaired) electrons. The van der Waals surface area contributed by atoms with Gasteiger partial charge < -0.3 is 13.6 Å². The van der Waals surface area contributed by atoms with Crippen molar-refractivity contribution in [1.29, 1.82) is 0 Å². The van der Waals surface area contributed by atoms with E-state index in [4.69, 9.17) is 8.83 Å². The zero-order chi connectivity index (χ0) is 17.1. The maximum Gasteiger partial charge on any atom is 0.338 e. The molecule has 0 N–H and O–H groups in total. The van der Waals surface area contributed by atoms with Gasteiger partial charge in [-0.15, -0.1) is 10.2 Å². The molecule has 0 saturated carbocycles. The Hall–Kier alpha value is -2.61. The number of hydrogen-bond acceptors (Lipinski definition) is 7. The molecule has 0 amide bonds. The highest BCUT2D eigenvalue weighted by Gasteiger charge is 2.16. The van der Waals surface area contributed by atoms with Crippen LogP contribution in [0.4, 0.5) is 4.39 Å². The van der Waals surface area contributed by atoms with Crippen LogP contribution in [0.2, 0.25) is 0 Å². The third-order valence-electron chi connectivity index (χ3n) is 3.32. The lowest BCUT2D eigenvalue weighted by molar-refractivity contribution is 0.0599. The summed E-state index contributed by atoms with van der Waals surface area (Å²) in [5.41, 5.74) is 1.52. The SMILES string of the molecule is COC(=O)c1cc(F)ccc1CSc1nnc(-c2ccoc2C)o1. The first kappa shape index (κ1) is 16.3. The molecule has 0 aliphatic rings. The standard InChI is InChI=1S/C16H13FN2O4S/c1-9-12(5-6-22-9)14-18-19-16(23-14)24-8-10-3-4-11(17)7-13(10)15(20)21-2/h3-7H,8H2,1-2H3. The average molecular weight is 348 g/mol. The Balaban J connectivity index is 1.76. The third-order valence-corrected chi connectivity index (χ3v) is 4.19. The van der Waals surface area contributed by atoms with E-state index < -0.39 is 11.8 Å². The lowest BCUT2D eigenvalue weighted by Gasteiger charge is -2.06. The first-order valence-corrected chi connectivity index (χ1v) is 7.94. The smallest absolute Gasteiger partial charge is 0.338 e. The van der Waals surface area contributed by atoms with Crippen molar-refractivity contribution in [3.63, 3.8) is 0 Å². The van der Waals surface area contributed by atoms with Crippen LogP contribution in [0, 0.1) is 12.7 Å². The molecule has 0 atom stereocenters. The summed E-state index contributed by atoms with van der Waals surface area (Å²) in [6.07, 6.45) is 1.54. The predicted octanol–water partition coefficient (Wildman–Crippen LogP) is 3.86. The molecule has 0 spiro atoms. The number of methoxy groups -OCH3 is 1. The van der Waals surface area contributed by atoms with Gasteiger partial charge in [0, 0.05) is 5.75 Å². The summed E-state index contributed by atoms with van der Waals surface area (Å²) in [6.45, 7) is 1.80. The molecule has 24 heavy (non-hydrogen) atoms. The second-order valence-corrected chi connectivity index (χ2v) is 5.77. The summed E-state index contributed by atoms with van der Waals surface area (Å²) in [6, 6.07) is 5.71. The van der Waals surface area contributed by atoms with Crippen LogP contribution < -0.4 is 0 Å². The number of halogens is 1. The summed E-state index contributed by atoms with van der Waals surface area (Å²) in [5.74, 6) is 0.305. The molecule has 3 aromatic rings. The van der Waals surface area contributed by atoms with Crippen LogP contribution in [0.5, 0.6) is 0 Å². The molecular formula is C16H13FN2O4S. The Kier molecular flexibility index (Phi) is 4.66. The summed E-state index contributed by atoms with van der Waals surface area (Å²) in [7, 11) is 1.25. The van der Waals surface area contributed by atoms with Crippen LogP contribution in [0.1, 0.15) is 21.7 Å². The predicted molar refractivity (Wildman–Crippen MR) is 84.0 cm³/mol. The molecule has 0 aliphatic carbocycles. The summed E-state index contributed by atoms with van der Waals surface area (Å²) >= 11 is 1.24. The van der Waals surface area contributed by atoms with E-state index in [0.717, 1.165) is 11.6 Å². The number of esters is 1. The topological polar surface area (TPSA) is 78.4 Å². The molecule has 2 aromatic heterocycles. The van der Waals surface area contributed by atoms with Crippen molar-refractivity contribution in [3.05, 3.63) is 53.2 Å². The minimum Gasteiger partial charge on any atom is -0.469 e. The first-order chi connectivity index (χ1) is 11.6. The molecule has 124 valence electrons. The molecule has 1 aromatic carbocycles. The van der Waals surface area contributed by atoms with Crippen LogP contribution in [0.3, 0.4) is 0 Å². The molecule has 6 nitrogen and oxygen atoms in total. The number of carbonyl (C=O) groups is 1. The minimum atomic E-state index is -0.592. The number of aryl methyl sites for hydroxylation is 1. The number of hydrogen-bond donors (Lipinski definition) is 0. The quantitative estimate of drug-likeness (QED) is 0.512.